The summed E-state index contributed by atoms with van der Waals surface area (Å²) >= 11 is 12.8. The van der Waals surface area contributed by atoms with Gasteiger partial charge in [-0.25, -0.2) is 0 Å². The van der Waals surface area contributed by atoms with Crippen molar-refractivity contribution in [2.45, 2.75) is 70.0 Å². The molecule has 5 rings (SSSR count). The zero-order valence-corrected chi connectivity index (χ0v) is 29.9. The van der Waals surface area contributed by atoms with Gasteiger partial charge in [-0.1, -0.05) is 136 Å². The number of benzene rings is 4. The maximum Gasteiger partial charge on any atom is 0.304 e. The average Bonchev–Trinajstić information content (AvgIpc) is 3.05. The van der Waals surface area contributed by atoms with Crippen molar-refractivity contribution >= 4 is 53.8 Å². The van der Waals surface area contributed by atoms with Gasteiger partial charge in [0.1, 0.15) is 0 Å². The average molecular weight is 689 g/mol. The Kier molecular flexibility index (Phi) is 11.0. The Bertz CT molecular complexity index is 1620. The lowest BCUT2D eigenvalue weighted by atomic mass is 9.74. The first-order valence-electron chi connectivity index (χ1n) is 16.3. The van der Waals surface area contributed by atoms with Gasteiger partial charge in [-0.05, 0) is 63.6 Å². The molecule has 1 aliphatic rings. The predicted octanol–water partition coefficient (Wildman–Crippen LogP) is 8.50. The number of carboxylic acids is 1. The van der Waals surface area contributed by atoms with E-state index in [0.29, 0.717) is 29.5 Å². The fourth-order valence-corrected chi connectivity index (χ4v) is 12.3. The molecule has 4 aromatic rings. The molecule has 0 bridgehead atoms. The highest BCUT2D eigenvalue weighted by atomic mass is 35.5. The molecule has 0 saturated carbocycles. The van der Waals surface area contributed by atoms with Crippen LogP contribution in [0.2, 0.25) is 15.1 Å². The summed E-state index contributed by atoms with van der Waals surface area (Å²) in [7, 11) is -2.92. The van der Waals surface area contributed by atoms with Gasteiger partial charge in [0.15, 0.2) is 0 Å². The second-order valence-corrected chi connectivity index (χ2v) is 18.6. The van der Waals surface area contributed by atoms with Crippen LogP contribution in [0, 0.1) is 5.92 Å². The Balaban J connectivity index is 1.65. The summed E-state index contributed by atoms with van der Waals surface area (Å²) in [6, 6.07) is 35.5. The third-order valence-corrected chi connectivity index (χ3v) is 15.0. The van der Waals surface area contributed by atoms with E-state index >= 15 is 0 Å². The van der Waals surface area contributed by atoms with Crippen LogP contribution in [0.15, 0.2) is 109 Å². The van der Waals surface area contributed by atoms with Crippen LogP contribution in [0.4, 0.5) is 0 Å². The number of carbonyl (C=O) groups excluding carboxylic acids is 1. The van der Waals surface area contributed by atoms with Crippen molar-refractivity contribution in [1.82, 2.24) is 4.90 Å². The molecule has 47 heavy (non-hydrogen) atoms. The Labute approximate surface area is 289 Å². The minimum atomic E-state index is -2.92. The van der Waals surface area contributed by atoms with Gasteiger partial charge in [0.25, 0.3) is 8.32 Å². The molecule has 246 valence electrons. The van der Waals surface area contributed by atoms with E-state index in [4.69, 9.17) is 27.6 Å². The molecule has 1 N–H and O–H groups in total. The summed E-state index contributed by atoms with van der Waals surface area (Å²) in [5.41, 5.74) is 1.90. The largest absolute Gasteiger partial charge is 0.481 e. The van der Waals surface area contributed by atoms with Gasteiger partial charge in [-0.15, -0.1) is 0 Å². The first-order valence-corrected chi connectivity index (χ1v) is 18.9. The van der Waals surface area contributed by atoms with Crippen molar-refractivity contribution in [2.24, 2.45) is 5.92 Å². The van der Waals surface area contributed by atoms with Crippen molar-refractivity contribution in [3.8, 4) is 0 Å². The molecule has 0 radical (unpaired) electrons. The van der Waals surface area contributed by atoms with Crippen molar-refractivity contribution in [3.05, 3.63) is 130 Å². The summed E-state index contributed by atoms with van der Waals surface area (Å²) < 4.78 is 7.39. The van der Waals surface area contributed by atoms with Crippen LogP contribution in [0.3, 0.4) is 0 Å². The molecule has 1 heterocycles. The minimum Gasteiger partial charge on any atom is -0.481 e. The van der Waals surface area contributed by atoms with Crippen LogP contribution < -0.4 is 10.4 Å². The molecule has 4 aromatic carbocycles. The minimum absolute atomic E-state index is 0.163. The highest BCUT2D eigenvalue weighted by Gasteiger charge is 2.52. The molecule has 8 heteroatoms. The highest BCUT2D eigenvalue weighted by molar-refractivity contribution is 6.99. The number of carboxylic acid groups (broad SMARTS) is 1. The van der Waals surface area contributed by atoms with Gasteiger partial charge in [-0.3, -0.25) is 9.59 Å². The Morgan fingerprint density at radius 2 is 1.47 bits per heavy atom. The van der Waals surface area contributed by atoms with Crippen LogP contribution in [0.1, 0.15) is 70.0 Å². The first kappa shape index (κ1) is 34.9. The van der Waals surface area contributed by atoms with Gasteiger partial charge in [-0.2, -0.15) is 0 Å². The molecule has 0 aliphatic carbocycles. The quantitative estimate of drug-likeness (QED) is 0.161. The number of rotatable bonds is 11. The van der Waals surface area contributed by atoms with Gasteiger partial charge in [0, 0.05) is 21.9 Å². The Morgan fingerprint density at radius 1 is 0.872 bits per heavy atom. The van der Waals surface area contributed by atoms with Gasteiger partial charge in [0.05, 0.1) is 25.1 Å². The number of carbonyl (C=O) groups is 2. The fourth-order valence-electron chi connectivity index (χ4n) is 7.35. The first-order chi connectivity index (χ1) is 22.5. The smallest absolute Gasteiger partial charge is 0.304 e. The standard InChI is InChI=1S/C39H43Cl2NO4Si/c1-5-32(26-46-47(39(2,3)4,33-15-8-6-9-16-33)34-17-10-7-11-18-34)42-37(27-19-21-30(40)22-20-27)35(28-13-12-14-31(41)23-28)24-29(38(42)45)25-36(43)44/h6-23,29,32,35,37H,5,24-26H2,1-4H3,(H,43,44). The normalized spacial score (nSPS) is 19.4. The molecule has 0 spiro atoms. The van der Waals surface area contributed by atoms with Crippen LogP contribution in [-0.2, 0) is 14.0 Å². The van der Waals surface area contributed by atoms with Crippen molar-refractivity contribution in [2.75, 3.05) is 6.61 Å². The molecule has 1 amide bonds. The number of halogens is 2. The number of aliphatic carboxylic acids is 1. The van der Waals surface area contributed by atoms with Crippen LogP contribution >= 0.6 is 23.2 Å². The molecule has 5 nitrogen and oxygen atoms in total. The van der Waals surface area contributed by atoms with Crippen molar-refractivity contribution in [3.63, 3.8) is 0 Å². The van der Waals surface area contributed by atoms with E-state index in [1.54, 1.807) is 0 Å². The van der Waals surface area contributed by atoms with Gasteiger partial charge < -0.3 is 14.4 Å². The number of hydrogen-bond donors (Lipinski definition) is 1. The summed E-state index contributed by atoms with van der Waals surface area (Å²) in [6.07, 6.45) is 0.767. The third-order valence-electron chi connectivity index (χ3n) is 9.51. The van der Waals surface area contributed by atoms with E-state index in [1.165, 1.54) is 0 Å². The molecule has 4 unspecified atom stereocenters. The predicted molar refractivity (Wildman–Crippen MR) is 193 cm³/mol. The molecular formula is C39H43Cl2NO4Si. The molecule has 4 atom stereocenters. The van der Waals surface area contributed by atoms with Gasteiger partial charge >= 0.3 is 5.97 Å². The highest BCUT2D eigenvalue weighted by Crippen LogP contribution is 2.48. The van der Waals surface area contributed by atoms with E-state index < -0.39 is 20.2 Å². The summed E-state index contributed by atoms with van der Waals surface area (Å²) in [5.74, 6) is -2.04. The molecule has 1 saturated heterocycles. The lowest BCUT2D eigenvalue weighted by molar-refractivity contribution is -0.153. The second kappa shape index (κ2) is 14.8. The Hall–Kier alpha value is -3.42. The lowest BCUT2D eigenvalue weighted by Crippen LogP contribution is -2.67. The van der Waals surface area contributed by atoms with Crippen LogP contribution in [0.25, 0.3) is 0 Å². The summed E-state index contributed by atoms with van der Waals surface area (Å²) in [5, 5.41) is 13.2. The zero-order valence-electron chi connectivity index (χ0n) is 27.4. The van der Waals surface area contributed by atoms with Gasteiger partial charge in [0.2, 0.25) is 5.91 Å². The zero-order chi connectivity index (χ0) is 33.8. The number of nitrogens with zero attached hydrogens (tertiary/aromatic N) is 1. The van der Waals surface area contributed by atoms with E-state index in [1.807, 2.05) is 65.6 Å². The number of hydrogen-bond acceptors (Lipinski definition) is 3. The second-order valence-electron chi connectivity index (χ2n) is 13.5. The van der Waals surface area contributed by atoms with E-state index in [9.17, 15) is 14.7 Å². The molecular weight excluding hydrogens is 645 g/mol. The molecule has 1 fully saturated rings. The Morgan fingerprint density at radius 3 is 1.98 bits per heavy atom. The summed E-state index contributed by atoms with van der Waals surface area (Å²) in [4.78, 5) is 28.6. The maximum absolute atomic E-state index is 14.6. The molecule has 1 aliphatic heterocycles. The SMILES string of the molecule is CCC(CO[Si](c1ccccc1)(c1ccccc1)C(C)(C)C)N1C(=O)C(CC(=O)O)CC(c2cccc(Cl)c2)C1c1ccc(Cl)cc1. The number of amides is 1. The van der Waals surface area contributed by atoms with E-state index in [-0.39, 0.29) is 35.4 Å². The lowest BCUT2D eigenvalue weighted by Gasteiger charge is -2.50. The topological polar surface area (TPSA) is 66.8 Å². The fraction of sp³-hybridized carbons (Fsp3) is 0.333. The number of piperidine rings is 1. The third kappa shape index (κ3) is 7.36. The monoisotopic (exact) mass is 687 g/mol. The van der Waals surface area contributed by atoms with Crippen LogP contribution in [-0.4, -0.2) is 42.8 Å². The molecule has 0 aromatic heterocycles. The summed E-state index contributed by atoms with van der Waals surface area (Å²) in [6.45, 7) is 9.07. The van der Waals surface area contributed by atoms with Crippen molar-refractivity contribution < 1.29 is 19.1 Å². The van der Waals surface area contributed by atoms with Crippen LogP contribution in [0.5, 0.6) is 0 Å². The van der Waals surface area contributed by atoms with E-state index in [2.05, 4.69) is 76.2 Å². The van der Waals surface area contributed by atoms with E-state index in [0.717, 1.165) is 21.5 Å². The van der Waals surface area contributed by atoms with Crippen molar-refractivity contribution in [1.29, 1.82) is 0 Å². The maximum atomic E-state index is 14.6. The number of likely N-dealkylation sites (tertiary alicyclic amines) is 1.